The van der Waals surface area contributed by atoms with Crippen molar-refractivity contribution in [3.05, 3.63) is 0 Å². The Labute approximate surface area is 150 Å². The van der Waals surface area contributed by atoms with Crippen molar-refractivity contribution in [3.63, 3.8) is 0 Å². The van der Waals surface area contributed by atoms with Crippen LogP contribution in [0.15, 0.2) is 0 Å². The summed E-state index contributed by atoms with van der Waals surface area (Å²) in [6.07, 6.45) is 13.9. The fraction of sp³-hybridized carbons (Fsp3) is 0.952. The van der Waals surface area contributed by atoms with E-state index in [1.807, 2.05) is 13.8 Å². The number of hydrogen-bond donors (Lipinski definition) is 1. The van der Waals surface area contributed by atoms with E-state index < -0.39 is 11.2 Å². The lowest BCUT2D eigenvalue weighted by Crippen LogP contribution is -2.36. The first-order valence-corrected chi connectivity index (χ1v) is 10.1. The number of unbranched alkanes of at least 4 members (excludes halogenated alkanes) is 9. The zero-order valence-corrected chi connectivity index (χ0v) is 17.0. The van der Waals surface area contributed by atoms with Gasteiger partial charge in [0.05, 0.1) is 12.2 Å². The first-order chi connectivity index (χ1) is 11.2. The molecule has 0 spiro atoms. The van der Waals surface area contributed by atoms with Crippen LogP contribution in [0.2, 0.25) is 0 Å². The Balaban J connectivity index is 3.62. The van der Waals surface area contributed by atoms with Gasteiger partial charge in [0.1, 0.15) is 5.60 Å². The predicted molar refractivity (Wildman–Crippen MR) is 102 cm³/mol. The summed E-state index contributed by atoms with van der Waals surface area (Å²) >= 11 is 0. The SMILES string of the molecule is CCCCCCCCCCCCC(=O)C(C)(C)OCCC(C)(C)O. The van der Waals surface area contributed by atoms with Gasteiger partial charge in [0.15, 0.2) is 5.78 Å². The Bertz CT molecular complexity index is 316. The van der Waals surface area contributed by atoms with E-state index >= 15 is 0 Å². The maximum atomic E-state index is 12.3. The van der Waals surface area contributed by atoms with E-state index in [-0.39, 0.29) is 5.78 Å². The number of aliphatic hydroxyl groups is 1. The van der Waals surface area contributed by atoms with Crippen LogP contribution < -0.4 is 0 Å². The summed E-state index contributed by atoms with van der Waals surface area (Å²) in [5, 5.41) is 9.69. The molecule has 0 aliphatic rings. The maximum Gasteiger partial charge on any atom is 0.164 e. The fourth-order valence-electron chi connectivity index (χ4n) is 2.71. The molecule has 0 aliphatic heterocycles. The number of carbonyl (C=O) groups is 1. The number of hydrogen-bond acceptors (Lipinski definition) is 3. The van der Waals surface area contributed by atoms with E-state index in [0.717, 1.165) is 12.8 Å². The number of carbonyl (C=O) groups excluding carboxylic acids is 1. The van der Waals surface area contributed by atoms with Crippen molar-refractivity contribution < 1.29 is 14.6 Å². The Kier molecular flexibility index (Phi) is 12.7. The maximum absolute atomic E-state index is 12.3. The van der Waals surface area contributed by atoms with Crippen molar-refractivity contribution in [2.24, 2.45) is 0 Å². The van der Waals surface area contributed by atoms with Crippen molar-refractivity contribution in [2.75, 3.05) is 6.61 Å². The Morgan fingerprint density at radius 1 is 0.833 bits per heavy atom. The third-order valence-electron chi connectivity index (χ3n) is 4.61. The molecular formula is C21H42O3. The molecule has 0 unspecified atom stereocenters. The van der Waals surface area contributed by atoms with Gasteiger partial charge in [0, 0.05) is 6.42 Å². The second-order valence-electron chi connectivity index (χ2n) is 8.28. The van der Waals surface area contributed by atoms with Gasteiger partial charge in [0.25, 0.3) is 0 Å². The van der Waals surface area contributed by atoms with Crippen LogP contribution in [0.1, 0.15) is 112 Å². The normalized spacial score (nSPS) is 12.6. The molecule has 0 amide bonds. The molecule has 0 saturated heterocycles. The molecule has 3 heteroatoms. The topological polar surface area (TPSA) is 46.5 Å². The molecule has 24 heavy (non-hydrogen) atoms. The quantitative estimate of drug-likeness (QED) is 0.359. The van der Waals surface area contributed by atoms with Crippen LogP contribution >= 0.6 is 0 Å². The summed E-state index contributed by atoms with van der Waals surface area (Å²) < 4.78 is 5.70. The molecule has 144 valence electrons. The molecule has 0 aliphatic carbocycles. The average Bonchev–Trinajstić information content (AvgIpc) is 2.47. The van der Waals surface area contributed by atoms with Gasteiger partial charge in [-0.15, -0.1) is 0 Å². The van der Waals surface area contributed by atoms with Crippen molar-refractivity contribution in [2.45, 2.75) is 123 Å². The molecule has 0 aromatic rings. The van der Waals surface area contributed by atoms with Crippen LogP contribution in [0.5, 0.6) is 0 Å². The molecule has 0 fully saturated rings. The smallest absolute Gasteiger partial charge is 0.164 e. The van der Waals surface area contributed by atoms with E-state index in [1.54, 1.807) is 13.8 Å². The van der Waals surface area contributed by atoms with Gasteiger partial charge >= 0.3 is 0 Å². The van der Waals surface area contributed by atoms with E-state index in [2.05, 4.69) is 6.92 Å². The molecular weight excluding hydrogens is 300 g/mol. The molecule has 0 saturated carbocycles. The van der Waals surface area contributed by atoms with Gasteiger partial charge in [-0.25, -0.2) is 0 Å². The zero-order valence-electron chi connectivity index (χ0n) is 17.0. The Hall–Kier alpha value is -0.410. The highest BCUT2D eigenvalue weighted by molar-refractivity contribution is 5.86. The van der Waals surface area contributed by atoms with Crippen molar-refractivity contribution in [3.8, 4) is 0 Å². The highest BCUT2D eigenvalue weighted by atomic mass is 16.5. The zero-order chi connectivity index (χ0) is 18.5. The highest BCUT2D eigenvalue weighted by Gasteiger charge is 2.28. The van der Waals surface area contributed by atoms with E-state index in [0.29, 0.717) is 19.4 Å². The Morgan fingerprint density at radius 2 is 1.29 bits per heavy atom. The van der Waals surface area contributed by atoms with Gasteiger partial charge in [-0.1, -0.05) is 64.7 Å². The number of Topliss-reactive ketones (excluding diaryl/α,β-unsaturated/α-hetero) is 1. The van der Waals surface area contributed by atoms with Crippen molar-refractivity contribution >= 4 is 5.78 Å². The molecule has 0 aromatic heterocycles. The lowest BCUT2D eigenvalue weighted by molar-refractivity contribution is -0.142. The van der Waals surface area contributed by atoms with Gasteiger partial charge < -0.3 is 9.84 Å². The van der Waals surface area contributed by atoms with Crippen LogP contribution in [0.3, 0.4) is 0 Å². The number of ether oxygens (including phenoxy) is 1. The largest absolute Gasteiger partial charge is 0.390 e. The summed E-state index contributed by atoms with van der Waals surface area (Å²) in [5.74, 6) is 0.179. The standard InChI is InChI=1S/C21H42O3/c1-6-7-8-9-10-11-12-13-14-15-16-19(22)21(4,5)24-18-17-20(2,3)23/h23H,6-18H2,1-5H3. The molecule has 0 atom stereocenters. The van der Waals surface area contributed by atoms with E-state index in [9.17, 15) is 9.90 Å². The van der Waals surface area contributed by atoms with Gasteiger partial charge in [0.2, 0.25) is 0 Å². The third-order valence-corrected chi connectivity index (χ3v) is 4.61. The van der Waals surface area contributed by atoms with Gasteiger partial charge in [-0.05, 0) is 40.5 Å². The molecule has 0 radical (unpaired) electrons. The average molecular weight is 343 g/mol. The van der Waals surface area contributed by atoms with Crippen LogP contribution in [-0.2, 0) is 9.53 Å². The third kappa shape index (κ3) is 14.0. The molecule has 0 rings (SSSR count). The lowest BCUT2D eigenvalue weighted by atomic mass is 9.97. The number of ketones is 1. The minimum atomic E-state index is -0.740. The minimum Gasteiger partial charge on any atom is -0.390 e. The molecule has 0 bridgehead atoms. The van der Waals surface area contributed by atoms with Crippen LogP contribution in [0, 0.1) is 0 Å². The number of rotatable bonds is 16. The summed E-state index contributed by atoms with van der Waals surface area (Å²) in [6, 6.07) is 0. The first-order valence-electron chi connectivity index (χ1n) is 10.1. The molecule has 1 N–H and O–H groups in total. The monoisotopic (exact) mass is 342 g/mol. The summed E-state index contributed by atoms with van der Waals surface area (Å²) in [4.78, 5) is 12.3. The van der Waals surface area contributed by atoms with E-state index in [1.165, 1.54) is 51.4 Å². The summed E-state index contributed by atoms with van der Waals surface area (Å²) in [5.41, 5.74) is -1.47. The highest BCUT2D eigenvalue weighted by Crippen LogP contribution is 2.18. The molecule has 0 heterocycles. The predicted octanol–water partition coefficient (Wildman–Crippen LogP) is 5.82. The second-order valence-corrected chi connectivity index (χ2v) is 8.28. The van der Waals surface area contributed by atoms with Crippen molar-refractivity contribution in [1.29, 1.82) is 0 Å². The molecule has 3 nitrogen and oxygen atoms in total. The van der Waals surface area contributed by atoms with Crippen LogP contribution in [-0.4, -0.2) is 28.7 Å². The Morgan fingerprint density at radius 3 is 1.75 bits per heavy atom. The van der Waals surface area contributed by atoms with Crippen molar-refractivity contribution in [1.82, 2.24) is 0 Å². The summed E-state index contributed by atoms with van der Waals surface area (Å²) in [7, 11) is 0. The fourth-order valence-corrected chi connectivity index (χ4v) is 2.71. The van der Waals surface area contributed by atoms with Crippen LogP contribution in [0.4, 0.5) is 0 Å². The molecule has 0 aromatic carbocycles. The van der Waals surface area contributed by atoms with E-state index in [4.69, 9.17) is 4.74 Å². The second kappa shape index (κ2) is 12.9. The first kappa shape index (κ1) is 23.6. The van der Waals surface area contributed by atoms with Gasteiger partial charge in [-0.2, -0.15) is 0 Å². The van der Waals surface area contributed by atoms with Crippen LogP contribution in [0.25, 0.3) is 0 Å². The lowest BCUT2D eigenvalue weighted by Gasteiger charge is -2.26. The minimum absolute atomic E-state index is 0.179. The summed E-state index contributed by atoms with van der Waals surface area (Å²) in [6.45, 7) is 9.87. The van der Waals surface area contributed by atoms with Gasteiger partial charge in [-0.3, -0.25) is 4.79 Å².